The third-order valence-electron chi connectivity index (χ3n) is 1.85. The number of carbonyl (C=O) groups is 1. The van der Waals surface area contributed by atoms with Crippen molar-refractivity contribution in [3.05, 3.63) is 26.6 Å². The van der Waals surface area contributed by atoms with E-state index < -0.39 is 12.0 Å². The first-order valence-corrected chi connectivity index (χ1v) is 5.65. The first kappa shape index (κ1) is 12.5. The van der Waals surface area contributed by atoms with Crippen molar-refractivity contribution in [3.63, 3.8) is 0 Å². The lowest BCUT2D eigenvalue weighted by molar-refractivity contribution is -0.137. The Kier molecular flexibility index (Phi) is 4.12. The highest BCUT2D eigenvalue weighted by molar-refractivity contribution is 9.11. The second-order valence-corrected chi connectivity index (χ2v) is 4.80. The molecule has 0 aliphatic carbocycles. The largest absolute Gasteiger partial charge is 0.506 e. The molecule has 0 radical (unpaired) electrons. The Hall–Kier alpha value is -0.590. The van der Waals surface area contributed by atoms with E-state index in [0.29, 0.717) is 10.0 Å². The fraction of sp³-hybridized carbons (Fsp3) is 0.222. The molecule has 0 spiro atoms. The number of carboxylic acids is 1. The number of halogens is 2. The molecule has 0 saturated heterocycles. The van der Waals surface area contributed by atoms with Crippen LogP contribution < -0.4 is 5.73 Å². The normalized spacial score (nSPS) is 12.5. The number of rotatable bonds is 3. The van der Waals surface area contributed by atoms with E-state index in [1.165, 1.54) is 0 Å². The van der Waals surface area contributed by atoms with E-state index in [4.69, 9.17) is 10.8 Å². The molecule has 4 N–H and O–H groups in total. The Balaban J connectivity index is 3.07. The van der Waals surface area contributed by atoms with Crippen molar-refractivity contribution in [1.82, 2.24) is 0 Å². The highest BCUT2D eigenvalue weighted by Gasteiger charge is 2.16. The average molecular weight is 339 g/mol. The molecule has 6 heteroatoms. The molecule has 15 heavy (non-hydrogen) atoms. The Morgan fingerprint density at radius 1 is 1.47 bits per heavy atom. The predicted molar refractivity (Wildman–Crippen MR) is 62.7 cm³/mol. The van der Waals surface area contributed by atoms with Gasteiger partial charge in [-0.1, -0.05) is 15.9 Å². The Labute approximate surface area is 103 Å². The molecule has 0 aliphatic rings. The van der Waals surface area contributed by atoms with Gasteiger partial charge in [0.2, 0.25) is 0 Å². The third-order valence-corrected chi connectivity index (χ3v) is 2.91. The summed E-state index contributed by atoms with van der Waals surface area (Å²) in [6, 6.07) is 2.54. The maximum Gasteiger partial charge on any atom is 0.305 e. The molecular weight excluding hydrogens is 330 g/mol. The Morgan fingerprint density at radius 2 is 2.07 bits per heavy atom. The van der Waals surface area contributed by atoms with Gasteiger partial charge < -0.3 is 15.9 Å². The molecule has 1 atom stereocenters. The molecule has 0 aliphatic heterocycles. The monoisotopic (exact) mass is 337 g/mol. The number of phenolic OH excluding ortho intramolecular Hbond substituents is 1. The summed E-state index contributed by atoms with van der Waals surface area (Å²) in [6.07, 6.45) is -0.226. The van der Waals surface area contributed by atoms with E-state index in [1.54, 1.807) is 12.1 Å². The van der Waals surface area contributed by atoms with Gasteiger partial charge >= 0.3 is 5.97 Å². The van der Waals surface area contributed by atoms with Crippen molar-refractivity contribution in [1.29, 1.82) is 0 Å². The number of benzene rings is 1. The standard InChI is InChI=1S/C9H9Br2NO3/c10-4-1-5(7(12)3-8(13)14)9(15)6(11)2-4/h1-2,7,15H,3,12H2,(H,13,14). The second kappa shape index (κ2) is 4.96. The fourth-order valence-electron chi connectivity index (χ4n) is 1.17. The minimum atomic E-state index is -1.00. The van der Waals surface area contributed by atoms with E-state index in [-0.39, 0.29) is 12.2 Å². The van der Waals surface area contributed by atoms with Gasteiger partial charge in [0.05, 0.1) is 10.9 Å². The number of hydrogen-bond donors (Lipinski definition) is 3. The highest BCUT2D eigenvalue weighted by Crippen LogP contribution is 2.35. The topological polar surface area (TPSA) is 83.6 Å². The van der Waals surface area contributed by atoms with Crippen molar-refractivity contribution >= 4 is 37.8 Å². The van der Waals surface area contributed by atoms with Crippen LogP contribution in [0.15, 0.2) is 21.1 Å². The summed E-state index contributed by atoms with van der Waals surface area (Å²) in [5, 5.41) is 18.3. The minimum absolute atomic E-state index is 0.0213. The summed E-state index contributed by atoms with van der Waals surface area (Å²) >= 11 is 6.39. The Morgan fingerprint density at radius 3 is 2.60 bits per heavy atom. The van der Waals surface area contributed by atoms with Crippen LogP contribution in [0.3, 0.4) is 0 Å². The van der Waals surface area contributed by atoms with Crippen LogP contribution >= 0.6 is 31.9 Å². The van der Waals surface area contributed by atoms with E-state index in [9.17, 15) is 9.90 Å². The lowest BCUT2D eigenvalue weighted by Gasteiger charge is -2.13. The van der Waals surface area contributed by atoms with Gasteiger partial charge in [-0.3, -0.25) is 4.79 Å². The number of carboxylic acid groups (broad SMARTS) is 1. The van der Waals surface area contributed by atoms with Crippen molar-refractivity contribution in [2.75, 3.05) is 0 Å². The van der Waals surface area contributed by atoms with Crippen molar-refractivity contribution in [2.45, 2.75) is 12.5 Å². The van der Waals surface area contributed by atoms with Gasteiger partial charge in [-0.15, -0.1) is 0 Å². The van der Waals surface area contributed by atoms with Crippen LogP contribution in [-0.4, -0.2) is 16.2 Å². The zero-order valence-electron chi connectivity index (χ0n) is 7.58. The Bertz CT molecular complexity index is 395. The van der Waals surface area contributed by atoms with Crippen LogP contribution in [0.1, 0.15) is 18.0 Å². The van der Waals surface area contributed by atoms with Gasteiger partial charge in [0.15, 0.2) is 0 Å². The third kappa shape index (κ3) is 3.19. The smallest absolute Gasteiger partial charge is 0.305 e. The summed E-state index contributed by atoms with van der Waals surface area (Å²) in [4.78, 5) is 10.5. The molecule has 0 bridgehead atoms. The maximum absolute atomic E-state index is 10.5. The summed E-state index contributed by atoms with van der Waals surface area (Å²) in [7, 11) is 0. The van der Waals surface area contributed by atoms with Gasteiger partial charge in [0, 0.05) is 16.1 Å². The summed E-state index contributed by atoms with van der Waals surface area (Å²) in [5.74, 6) is -1.02. The first-order chi connectivity index (χ1) is 6.91. The molecular formula is C9H9Br2NO3. The van der Waals surface area contributed by atoms with Crippen LogP contribution in [0.2, 0.25) is 0 Å². The van der Waals surface area contributed by atoms with Gasteiger partial charge in [0.1, 0.15) is 5.75 Å². The van der Waals surface area contributed by atoms with E-state index >= 15 is 0 Å². The van der Waals surface area contributed by atoms with E-state index in [1.807, 2.05) is 0 Å². The molecule has 0 fully saturated rings. The van der Waals surface area contributed by atoms with Crippen molar-refractivity contribution in [2.24, 2.45) is 5.73 Å². The quantitative estimate of drug-likeness (QED) is 0.790. The molecule has 0 amide bonds. The SMILES string of the molecule is NC(CC(=O)O)c1cc(Br)cc(Br)c1O. The molecule has 1 rings (SSSR count). The van der Waals surface area contributed by atoms with E-state index in [0.717, 1.165) is 4.47 Å². The summed E-state index contributed by atoms with van der Waals surface area (Å²) in [5.41, 5.74) is 6.05. The highest BCUT2D eigenvalue weighted by atomic mass is 79.9. The van der Waals surface area contributed by atoms with Gasteiger partial charge in [-0.25, -0.2) is 0 Å². The van der Waals surface area contributed by atoms with Crippen molar-refractivity contribution < 1.29 is 15.0 Å². The van der Waals surface area contributed by atoms with E-state index in [2.05, 4.69) is 31.9 Å². The van der Waals surface area contributed by atoms with Gasteiger partial charge in [-0.2, -0.15) is 0 Å². The number of hydrogen-bond acceptors (Lipinski definition) is 3. The van der Waals surface area contributed by atoms with Crippen LogP contribution in [-0.2, 0) is 4.79 Å². The second-order valence-electron chi connectivity index (χ2n) is 3.03. The molecule has 1 unspecified atom stereocenters. The summed E-state index contributed by atoms with van der Waals surface area (Å²) < 4.78 is 1.20. The molecule has 1 aromatic rings. The van der Waals surface area contributed by atoms with Crippen LogP contribution in [0.4, 0.5) is 0 Å². The number of aliphatic carboxylic acids is 1. The predicted octanol–water partition coefficient (Wildman–Crippen LogP) is 2.39. The molecule has 82 valence electrons. The van der Waals surface area contributed by atoms with Crippen LogP contribution in [0, 0.1) is 0 Å². The van der Waals surface area contributed by atoms with Gasteiger partial charge in [0.25, 0.3) is 0 Å². The summed E-state index contributed by atoms with van der Waals surface area (Å²) in [6.45, 7) is 0. The molecule has 0 heterocycles. The van der Waals surface area contributed by atoms with Crippen molar-refractivity contribution in [3.8, 4) is 5.75 Å². The van der Waals surface area contributed by atoms with Crippen LogP contribution in [0.25, 0.3) is 0 Å². The molecule has 1 aromatic carbocycles. The molecule has 0 saturated carbocycles. The molecule has 4 nitrogen and oxygen atoms in total. The number of phenols is 1. The lowest BCUT2D eigenvalue weighted by Crippen LogP contribution is -2.15. The lowest BCUT2D eigenvalue weighted by atomic mass is 10.0. The maximum atomic E-state index is 10.5. The van der Waals surface area contributed by atoms with Crippen LogP contribution in [0.5, 0.6) is 5.75 Å². The zero-order valence-corrected chi connectivity index (χ0v) is 10.7. The minimum Gasteiger partial charge on any atom is -0.506 e. The number of nitrogens with two attached hydrogens (primary N) is 1. The average Bonchev–Trinajstić information content (AvgIpc) is 2.09. The number of aromatic hydroxyl groups is 1. The first-order valence-electron chi connectivity index (χ1n) is 4.07. The fourth-order valence-corrected chi connectivity index (χ4v) is 2.42. The zero-order chi connectivity index (χ0) is 11.6. The molecule has 0 aromatic heterocycles. The van der Waals surface area contributed by atoms with Gasteiger partial charge in [-0.05, 0) is 28.1 Å².